The minimum absolute atomic E-state index is 0.0802. The summed E-state index contributed by atoms with van der Waals surface area (Å²) >= 11 is 0. The van der Waals surface area contributed by atoms with Crippen LogP contribution in [0.4, 0.5) is 5.69 Å². The Morgan fingerprint density at radius 1 is 1.15 bits per heavy atom. The zero-order valence-electron chi connectivity index (χ0n) is 11.6. The highest BCUT2D eigenvalue weighted by molar-refractivity contribution is 5.92. The van der Waals surface area contributed by atoms with Crippen molar-refractivity contribution in [1.29, 1.82) is 5.26 Å². The van der Waals surface area contributed by atoms with Gasteiger partial charge in [0, 0.05) is 5.69 Å². The zero-order valence-corrected chi connectivity index (χ0v) is 11.6. The lowest BCUT2D eigenvalue weighted by Gasteiger charge is -2.07. The van der Waals surface area contributed by atoms with E-state index in [0.29, 0.717) is 17.7 Å². The molecule has 0 radical (unpaired) electrons. The Morgan fingerprint density at radius 2 is 1.95 bits per heavy atom. The molecule has 0 bridgehead atoms. The van der Waals surface area contributed by atoms with E-state index < -0.39 is 0 Å². The Bertz CT molecular complexity index is 684. The number of hydrogen-bond acceptors (Lipinski definition) is 2. The molecular formula is C17H16N2O. The lowest BCUT2D eigenvalue weighted by atomic mass is 10.0. The van der Waals surface area contributed by atoms with Crippen molar-refractivity contribution in [2.75, 3.05) is 5.32 Å². The van der Waals surface area contributed by atoms with Gasteiger partial charge in [-0.05, 0) is 48.7 Å². The second kappa shape index (κ2) is 6.03. The number of hydrogen-bond donors (Lipinski definition) is 1. The third kappa shape index (κ3) is 3.46. The SMILES string of the molecule is Cc1ccc(CC(=O)Nc2cccc(C#N)c2)cc1C. The molecule has 2 aromatic rings. The van der Waals surface area contributed by atoms with Crippen LogP contribution in [0, 0.1) is 25.2 Å². The van der Waals surface area contributed by atoms with Crippen molar-refractivity contribution in [3.63, 3.8) is 0 Å². The van der Waals surface area contributed by atoms with Gasteiger partial charge < -0.3 is 5.32 Å². The van der Waals surface area contributed by atoms with Gasteiger partial charge in [-0.15, -0.1) is 0 Å². The smallest absolute Gasteiger partial charge is 0.228 e. The quantitative estimate of drug-likeness (QED) is 0.924. The van der Waals surface area contributed by atoms with Gasteiger partial charge in [0.2, 0.25) is 5.91 Å². The molecule has 0 heterocycles. The maximum absolute atomic E-state index is 12.0. The molecule has 100 valence electrons. The topological polar surface area (TPSA) is 52.9 Å². The van der Waals surface area contributed by atoms with E-state index in [-0.39, 0.29) is 5.91 Å². The number of anilines is 1. The summed E-state index contributed by atoms with van der Waals surface area (Å²) in [5.74, 6) is -0.0802. The van der Waals surface area contributed by atoms with Gasteiger partial charge in [0.25, 0.3) is 0 Å². The number of benzene rings is 2. The van der Waals surface area contributed by atoms with Gasteiger partial charge >= 0.3 is 0 Å². The number of carbonyl (C=O) groups excluding carboxylic acids is 1. The van der Waals surface area contributed by atoms with Gasteiger partial charge in [0.05, 0.1) is 18.1 Å². The van der Waals surface area contributed by atoms with Crippen molar-refractivity contribution in [2.45, 2.75) is 20.3 Å². The first-order chi connectivity index (χ1) is 9.58. The van der Waals surface area contributed by atoms with Gasteiger partial charge in [0.1, 0.15) is 0 Å². The Balaban J connectivity index is 2.05. The Hall–Kier alpha value is -2.60. The molecule has 0 aliphatic rings. The Morgan fingerprint density at radius 3 is 2.65 bits per heavy atom. The van der Waals surface area contributed by atoms with E-state index in [4.69, 9.17) is 5.26 Å². The van der Waals surface area contributed by atoms with Crippen molar-refractivity contribution in [3.05, 3.63) is 64.7 Å². The molecule has 2 aromatic carbocycles. The second-order valence-corrected chi connectivity index (χ2v) is 4.84. The standard InChI is InChI=1S/C17H16N2O/c1-12-6-7-14(8-13(12)2)10-17(20)19-16-5-3-4-15(9-16)11-18/h3-9H,10H2,1-2H3,(H,19,20). The molecule has 0 aliphatic carbocycles. The average Bonchev–Trinajstić information content (AvgIpc) is 2.43. The summed E-state index contributed by atoms with van der Waals surface area (Å²) < 4.78 is 0. The van der Waals surface area contributed by atoms with Gasteiger partial charge in [-0.25, -0.2) is 0 Å². The number of nitrogens with zero attached hydrogens (tertiary/aromatic N) is 1. The maximum atomic E-state index is 12.0. The molecule has 0 fully saturated rings. The van der Waals surface area contributed by atoms with E-state index in [0.717, 1.165) is 5.56 Å². The highest BCUT2D eigenvalue weighted by atomic mass is 16.1. The molecule has 0 aliphatic heterocycles. The molecule has 20 heavy (non-hydrogen) atoms. The molecular weight excluding hydrogens is 248 g/mol. The maximum Gasteiger partial charge on any atom is 0.228 e. The Kier molecular flexibility index (Phi) is 4.17. The molecule has 1 N–H and O–H groups in total. The van der Waals surface area contributed by atoms with E-state index in [1.807, 2.05) is 32.0 Å². The van der Waals surface area contributed by atoms with Gasteiger partial charge in [-0.3, -0.25) is 4.79 Å². The summed E-state index contributed by atoms with van der Waals surface area (Å²) in [6.07, 6.45) is 0.331. The molecule has 3 heteroatoms. The molecule has 0 atom stereocenters. The molecule has 0 spiro atoms. The van der Waals surface area contributed by atoms with Crippen molar-refractivity contribution in [3.8, 4) is 6.07 Å². The number of carbonyl (C=O) groups is 1. The van der Waals surface area contributed by atoms with Gasteiger partial charge in [0.15, 0.2) is 0 Å². The Labute approximate surface area is 118 Å². The van der Waals surface area contributed by atoms with Crippen LogP contribution in [0.1, 0.15) is 22.3 Å². The summed E-state index contributed by atoms with van der Waals surface area (Å²) in [7, 11) is 0. The minimum atomic E-state index is -0.0802. The molecule has 1 amide bonds. The van der Waals surface area contributed by atoms with Gasteiger partial charge in [-0.1, -0.05) is 24.3 Å². The fourth-order valence-corrected chi connectivity index (χ4v) is 1.97. The third-order valence-corrected chi connectivity index (χ3v) is 3.21. The van der Waals surface area contributed by atoms with Crippen LogP contribution in [0.2, 0.25) is 0 Å². The van der Waals surface area contributed by atoms with Crippen LogP contribution in [0.5, 0.6) is 0 Å². The minimum Gasteiger partial charge on any atom is -0.326 e. The van der Waals surface area contributed by atoms with Crippen LogP contribution >= 0.6 is 0 Å². The lowest BCUT2D eigenvalue weighted by molar-refractivity contribution is -0.115. The highest BCUT2D eigenvalue weighted by Crippen LogP contribution is 2.13. The molecule has 2 rings (SSSR count). The highest BCUT2D eigenvalue weighted by Gasteiger charge is 2.05. The molecule has 0 unspecified atom stereocenters. The summed E-state index contributed by atoms with van der Waals surface area (Å²) in [6, 6.07) is 15.0. The second-order valence-electron chi connectivity index (χ2n) is 4.84. The summed E-state index contributed by atoms with van der Waals surface area (Å²) in [5, 5.41) is 11.6. The van der Waals surface area contributed by atoms with E-state index in [1.54, 1.807) is 24.3 Å². The van der Waals surface area contributed by atoms with E-state index in [1.165, 1.54) is 11.1 Å². The third-order valence-electron chi connectivity index (χ3n) is 3.21. The first kappa shape index (κ1) is 13.8. The predicted octanol–water partition coefficient (Wildman–Crippen LogP) is 3.36. The molecule has 3 nitrogen and oxygen atoms in total. The number of amides is 1. The molecule has 0 aromatic heterocycles. The summed E-state index contributed by atoms with van der Waals surface area (Å²) in [6.45, 7) is 4.08. The van der Waals surface area contributed by atoms with Crippen LogP contribution in [0.25, 0.3) is 0 Å². The lowest BCUT2D eigenvalue weighted by Crippen LogP contribution is -2.14. The zero-order chi connectivity index (χ0) is 14.5. The van der Waals surface area contributed by atoms with Crippen molar-refractivity contribution in [2.24, 2.45) is 0 Å². The fraction of sp³-hybridized carbons (Fsp3) is 0.176. The monoisotopic (exact) mass is 264 g/mol. The number of aryl methyl sites for hydroxylation is 2. The summed E-state index contributed by atoms with van der Waals surface area (Å²) in [4.78, 5) is 12.0. The number of rotatable bonds is 3. The number of nitriles is 1. The van der Waals surface area contributed by atoms with Crippen LogP contribution in [-0.2, 0) is 11.2 Å². The first-order valence-corrected chi connectivity index (χ1v) is 6.44. The van der Waals surface area contributed by atoms with Crippen LogP contribution < -0.4 is 5.32 Å². The number of nitrogens with one attached hydrogen (secondary N) is 1. The van der Waals surface area contributed by atoms with E-state index in [2.05, 4.69) is 11.4 Å². The molecule has 0 saturated heterocycles. The van der Waals surface area contributed by atoms with Crippen molar-refractivity contribution < 1.29 is 4.79 Å². The normalized spacial score (nSPS) is 9.85. The van der Waals surface area contributed by atoms with Crippen molar-refractivity contribution >= 4 is 11.6 Å². The van der Waals surface area contributed by atoms with E-state index >= 15 is 0 Å². The van der Waals surface area contributed by atoms with Crippen molar-refractivity contribution in [1.82, 2.24) is 0 Å². The van der Waals surface area contributed by atoms with Crippen LogP contribution in [-0.4, -0.2) is 5.91 Å². The average molecular weight is 264 g/mol. The first-order valence-electron chi connectivity index (χ1n) is 6.44. The summed E-state index contributed by atoms with van der Waals surface area (Å²) in [5.41, 5.74) is 4.58. The van der Waals surface area contributed by atoms with Gasteiger partial charge in [-0.2, -0.15) is 5.26 Å². The molecule has 0 saturated carbocycles. The predicted molar refractivity (Wildman–Crippen MR) is 79.4 cm³/mol. The van der Waals surface area contributed by atoms with E-state index in [9.17, 15) is 4.79 Å². The largest absolute Gasteiger partial charge is 0.326 e. The van der Waals surface area contributed by atoms with Crippen LogP contribution in [0.15, 0.2) is 42.5 Å². The fourth-order valence-electron chi connectivity index (χ4n) is 1.97. The van der Waals surface area contributed by atoms with Crippen LogP contribution in [0.3, 0.4) is 0 Å².